The number of nitrogen functional groups attached to an aromatic ring is 1. The van der Waals surface area contributed by atoms with Crippen LogP contribution in [0, 0.1) is 0 Å². The van der Waals surface area contributed by atoms with Crippen LogP contribution in [0.5, 0.6) is 11.6 Å². The maximum atomic E-state index is 12.5. The standard InChI is InChI=1S/C11H7ClF3N3O/c12-10-17-8(11(13,14)15)5-9(18-10)19-7-4-2-1-3-6(7)16/h1-5H,16H2. The van der Waals surface area contributed by atoms with Crippen LogP contribution in [0.2, 0.25) is 5.28 Å². The maximum Gasteiger partial charge on any atom is 0.433 e. The molecule has 0 saturated heterocycles. The summed E-state index contributed by atoms with van der Waals surface area (Å²) in [6.07, 6.45) is -4.63. The van der Waals surface area contributed by atoms with Gasteiger partial charge in [0.2, 0.25) is 11.2 Å². The van der Waals surface area contributed by atoms with Crippen LogP contribution in [-0.2, 0) is 6.18 Å². The minimum Gasteiger partial charge on any atom is -0.437 e. The zero-order valence-corrected chi connectivity index (χ0v) is 10.0. The molecule has 0 aliphatic rings. The number of rotatable bonds is 2. The van der Waals surface area contributed by atoms with E-state index in [0.29, 0.717) is 6.07 Å². The van der Waals surface area contributed by atoms with Crippen molar-refractivity contribution in [3.8, 4) is 11.6 Å². The van der Waals surface area contributed by atoms with Crippen molar-refractivity contribution in [3.05, 3.63) is 41.3 Å². The molecule has 2 aromatic rings. The Morgan fingerprint density at radius 3 is 2.47 bits per heavy atom. The first kappa shape index (κ1) is 13.4. The molecular weight excluding hydrogens is 283 g/mol. The van der Waals surface area contributed by atoms with Crippen molar-refractivity contribution in [2.45, 2.75) is 6.18 Å². The number of anilines is 1. The molecule has 0 aliphatic heterocycles. The molecule has 0 saturated carbocycles. The van der Waals surface area contributed by atoms with Crippen LogP contribution in [0.4, 0.5) is 18.9 Å². The summed E-state index contributed by atoms with van der Waals surface area (Å²) in [5.41, 5.74) is 4.69. The number of hydrogen-bond donors (Lipinski definition) is 1. The van der Waals surface area contributed by atoms with Crippen molar-refractivity contribution < 1.29 is 17.9 Å². The highest BCUT2D eigenvalue weighted by atomic mass is 35.5. The molecular formula is C11H7ClF3N3O. The molecule has 19 heavy (non-hydrogen) atoms. The van der Waals surface area contributed by atoms with Gasteiger partial charge in [0.05, 0.1) is 5.69 Å². The Labute approximate surface area is 111 Å². The van der Waals surface area contributed by atoms with E-state index in [2.05, 4.69) is 9.97 Å². The molecule has 0 amide bonds. The highest BCUT2D eigenvalue weighted by Gasteiger charge is 2.34. The average molecular weight is 290 g/mol. The number of nitrogens with zero attached hydrogens (tertiary/aromatic N) is 2. The summed E-state index contributed by atoms with van der Waals surface area (Å²) in [5, 5.41) is -0.556. The van der Waals surface area contributed by atoms with Crippen LogP contribution in [0.3, 0.4) is 0 Å². The van der Waals surface area contributed by atoms with Gasteiger partial charge < -0.3 is 10.5 Å². The highest BCUT2D eigenvalue weighted by molar-refractivity contribution is 6.28. The highest BCUT2D eigenvalue weighted by Crippen LogP contribution is 2.32. The topological polar surface area (TPSA) is 61.0 Å². The van der Waals surface area contributed by atoms with E-state index in [4.69, 9.17) is 22.1 Å². The van der Waals surface area contributed by atoms with Gasteiger partial charge in [-0.25, -0.2) is 4.98 Å². The quantitative estimate of drug-likeness (QED) is 0.679. The lowest BCUT2D eigenvalue weighted by molar-refractivity contribution is -0.141. The number of ether oxygens (including phenoxy) is 1. The van der Waals surface area contributed by atoms with Crippen LogP contribution in [0.15, 0.2) is 30.3 Å². The molecule has 0 bridgehead atoms. The summed E-state index contributed by atoms with van der Waals surface area (Å²) in [5.74, 6) is -0.143. The third kappa shape index (κ3) is 3.25. The van der Waals surface area contributed by atoms with E-state index in [1.54, 1.807) is 18.2 Å². The van der Waals surface area contributed by atoms with Crippen molar-refractivity contribution >= 4 is 17.3 Å². The Balaban J connectivity index is 2.36. The van der Waals surface area contributed by atoms with Crippen molar-refractivity contribution in [3.63, 3.8) is 0 Å². The number of benzene rings is 1. The van der Waals surface area contributed by atoms with E-state index in [1.807, 2.05) is 0 Å². The van der Waals surface area contributed by atoms with Gasteiger partial charge in [-0.05, 0) is 23.7 Å². The van der Waals surface area contributed by atoms with Crippen LogP contribution < -0.4 is 10.5 Å². The molecule has 4 nitrogen and oxygen atoms in total. The first-order valence-electron chi connectivity index (χ1n) is 5.00. The summed E-state index contributed by atoms with van der Waals surface area (Å²) in [4.78, 5) is 6.65. The molecule has 2 N–H and O–H groups in total. The van der Waals surface area contributed by atoms with Gasteiger partial charge in [-0.1, -0.05) is 12.1 Å². The minimum absolute atomic E-state index is 0.186. The van der Waals surface area contributed by atoms with Gasteiger partial charge >= 0.3 is 6.18 Å². The third-order valence-electron chi connectivity index (χ3n) is 2.10. The molecule has 0 radical (unpaired) electrons. The molecule has 0 unspecified atom stereocenters. The smallest absolute Gasteiger partial charge is 0.433 e. The second-order valence-corrected chi connectivity index (χ2v) is 3.84. The lowest BCUT2D eigenvalue weighted by Crippen LogP contribution is -2.09. The van der Waals surface area contributed by atoms with Crippen LogP contribution in [-0.4, -0.2) is 9.97 Å². The first-order chi connectivity index (χ1) is 8.86. The molecule has 8 heteroatoms. The SMILES string of the molecule is Nc1ccccc1Oc1cc(C(F)(F)F)nc(Cl)n1. The monoisotopic (exact) mass is 289 g/mol. The van der Waals surface area contributed by atoms with Crippen LogP contribution in [0.25, 0.3) is 0 Å². The van der Waals surface area contributed by atoms with Gasteiger partial charge in [0.1, 0.15) is 0 Å². The van der Waals surface area contributed by atoms with Crippen molar-refractivity contribution in [2.75, 3.05) is 5.73 Å². The number of halogens is 4. The lowest BCUT2D eigenvalue weighted by Gasteiger charge is -2.10. The van der Waals surface area contributed by atoms with Crippen LogP contribution >= 0.6 is 11.6 Å². The van der Waals surface area contributed by atoms with E-state index in [-0.39, 0.29) is 17.3 Å². The molecule has 1 heterocycles. The number of para-hydroxylation sites is 2. The summed E-state index contributed by atoms with van der Waals surface area (Å²) >= 11 is 5.43. The van der Waals surface area contributed by atoms with E-state index < -0.39 is 17.2 Å². The second kappa shape index (κ2) is 4.93. The van der Waals surface area contributed by atoms with Gasteiger partial charge in [0, 0.05) is 6.07 Å². The van der Waals surface area contributed by atoms with Crippen molar-refractivity contribution in [1.29, 1.82) is 0 Å². The van der Waals surface area contributed by atoms with Crippen LogP contribution in [0.1, 0.15) is 5.69 Å². The van der Waals surface area contributed by atoms with Gasteiger partial charge in [-0.3, -0.25) is 0 Å². The largest absolute Gasteiger partial charge is 0.437 e. The summed E-state index contributed by atoms with van der Waals surface area (Å²) in [6, 6.07) is 6.98. The fourth-order valence-electron chi connectivity index (χ4n) is 1.28. The van der Waals surface area contributed by atoms with E-state index in [0.717, 1.165) is 0 Å². The van der Waals surface area contributed by atoms with E-state index >= 15 is 0 Å². The number of nitrogens with two attached hydrogens (primary N) is 1. The number of aromatic nitrogens is 2. The maximum absolute atomic E-state index is 12.5. The predicted octanol–water partition coefficient (Wildman–Crippen LogP) is 3.52. The Morgan fingerprint density at radius 1 is 1.16 bits per heavy atom. The second-order valence-electron chi connectivity index (χ2n) is 3.50. The summed E-state index contributed by atoms with van der Waals surface area (Å²) in [6.45, 7) is 0. The van der Waals surface area contributed by atoms with Gasteiger partial charge in [-0.15, -0.1) is 0 Å². The third-order valence-corrected chi connectivity index (χ3v) is 2.27. The lowest BCUT2D eigenvalue weighted by atomic mass is 10.3. The number of hydrogen-bond acceptors (Lipinski definition) is 4. The number of alkyl halides is 3. The van der Waals surface area contributed by atoms with Gasteiger partial charge in [-0.2, -0.15) is 18.2 Å². The molecule has 1 aromatic carbocycles. The molecule has 1 aromatic heterocycles. The Kier molecular flexibility index (Phi) is 3.48. The van der Waals surface area contributed by atoms with Crippen molar-refractivity contribution in [2.24, 2.45) is 0 Å². The van der Waals surface area contributed by atoms with Gasteiger partial charge in [0.15, 0.2) is 11.4 Å². The Morgan fingerprint density at radius 2 is 1.84 bits per heavy atom. The zero-order chi connectivity index (χ0) is 14.0. The molecule has 2 rings (SSSR count). The van der Waals surface area contributed by atoms with Crippen molar-refractivity contribution in [1.82, 2.24) is 9.97 Å². The van der Waals surface area contributed by atoms with Gasteiger partial charge in [0.25, 0.3) is 0 Å². The molecule has 0 fully saturated rings. The first-order valence-corrected chi connectivity index (χ1v) is 5.38. The fraction of sp³-hybridized carbons (Fsp3) is 0.0909. The predicted molar refractivity (Wildman–Crippen MR) is 63.0 cm³/mol. The summed E-state index contributed by atoms with van der Waals surface area (Å²) < 4.78 is 42.8. The molecule has 0 spiro atoms. The average Bonchev–Trinajstić information content (AvgIpc) is 2.30. The Bertz CT molecular complexity index is 604. The molecule has 0 atom stereocenters. The van der Waals surface area contributed by atoms with E-state index in [9.17, 15) is 13.2 Å². The summed E-state index contributed by atoms with van der Waals surface area (Å²) in [7, 11) is 0. The molecule has 0 aliphatic carbocycles. The fourth-order valence-corrected chi connectivity index (χ4v) is 1.45. The molecule has 100 valence electrons. The Hall–Kier alpha value is -2.02. The zero-order valence-electron chi connectivity index (χ0n) is 9.28. The normalized spacial score (nSPS) is 11.4. The minimum atomic E-state index is -4.63. The van der Waals surface area contributed by atoms with E-state index in [1.165, 1.54) is 6.07 Å².